The molecule has 6 heteroatoms. The molecule has 3 aromatic heterocycles. The molecule has 0 unspecified atom stereocenters. The van der Waals surface area contributed by atoms with Crippen LogP contribution in [-0.4, -0.2) is 25.1 Å². The molecule has 0 fully saturated rings. The Morgan fingerprint density at radius 2 is 1.96 bits per heavy atom. The number of pyridine rings is 1. The minimum atomic E-state index is -0.229. The van der Waals surface area contributed by atoms with Crippen molar-refractivity contribution in [2.24, 2.45) is 0 Å². The summed E-state index contributed by atoms with van der Waals surface area (Å²) >= 11 is 0. The third kappa shape index (κ3) is 2.76. The summed E-state index contributed by atoms with van der Waals surface area (Å²) in [7, 11) is 0. The maximum atomic E-state index is 12.5. The predicted octanol–water partition coefficient (Wildman–Crippen LogP) is 2.87. The van der Waals surface area contributed by atoms with Gasteiger partial charge in [-0.05, 0) is 37.6 Å². The van der Waals surface area contributed by atoms with Crippen molar-refractivity contribution < 1.29 is 4.79 Å². The third-order valence-corrected chi connectivity index (χ3v) is 4.41. The number of fused-ring (bicyclic) bond motifs is 2. The number of para-hydroxylation sites is 1. The van der Waals surface area contributed by atoms with E-state index in [4.69, 9.17) is 0 Å². The van der Waals surface area contributed by atoms with Gasteiger partial charge >= 0.3 is 0 Å². The Bertz CT molecular complexity index is 1060. The van der Waals surface area contributed by atoms with Crippen molar-refractivity contribution in [1.29, 1.82) is 0 Å². The fourth-order valence-corrected chi connectivity index (χ4v) is 3.22. The van der Waals surface area contributed by atoms with E-state index in [1.807, 2.05) is 64.7 Å². The molecule has 4 rings (SSSR count). The van der Waals surface area contributed by atoms with Crippen LogP contribution in [0.4, 0.5) is 0 Å². The lowest BCUT2D eigenvalue weighted by Gasteiger charge is -2.13. The van der Waals surface area contributed by atoms with Crippen molar-refractivity contribution in [3.8, 4) is 0 Å². The Morgan fingerprint density at radius 3 is 2.84 bits per heavy atom. The van der Waals surface area contributed by atoms with Gasteiger partial charge in [-0.2, -0.15) is 0 Å². The molecule has 0 saturated heterocycles. The zero-order chi connectivity index (χ0) is 17.4. The second-order valence-corrected chi connectivity index (χ2v) is 6.23. The van der Waals surface area contributed by atoms with Crippen LogP contribution in [0.25, 0.3) is 16.6 Å². The van der Waals surface area contributed by atoms with E-state index in [-0.39, 0.29) is 18.5 Å². The first-order valence-corrected chi connectivity index (χ1v) is 8.27. The smallest absolute Gasteiger partial charge is 0.240 e. The molecule has 1 aromatic carbocycles. The van der Waals surface area contributed by atoms with Crippen LogP contribution in [-0.2, 0) is 11.3 Å². The SMILES string of the molecule is Cc1cn(CC(=O)N[C@H](C)c2nnc3ccccn23)c2ccccc12. The number of nitrogens with one attached hydrogen (secondary N) is 1. The molecule has 25 heavy (non-hydrogen) atoms. The number of benzene rings is 1. The second kappa shape index (κ2) is 6.05. The average molecular weight is 333 g/mol. The van der Waals surface area contributed by atoms with E-state index in [1.165, 1.54) is 10.9 Å². The number of rotatable bonds is 4. The molecular formula is C19H19N5O. The minimum absolute atomic E-state index is 0.0547. The van der Waals surface area contributed by atoms with Gasteiger partial charge in [0.2, 0.25) is 5.91 Å². The number of amides is 1. The molecule has 6 nitrogen and oxygen atoms in total. The number of aromatic nitrogens is 4. The Labute approximate surface area is 145 Å². The number of hydrogen-bond acceptors (Lipinski definition) is 3. The summed E-state index contributed by atoms with van der Waals surface area (Å²) in [5.41, 5.74) is 3.00. The molecule has 0 spiro atoms. The topological polar surface area (TPSA) is 64.2 Å². The van der Waals surface area contributed by atoms with Crippen molar-refractivity contribution in [1.82, 2.24) is 24.5 Å². The zero-order valence-electron chi connectivity index (χ0n) is 14.2. The summed E-state index contributed by atoms with van der Waals surface area (Å²) in [6, 6.07) is 13.6. The van der Waals surface area contributed by atoms with Gasteiger partial charge in [0, 0.05) is 23.3 Å². The molecule has 1 amide bonds. The standard InChI is InChI=1S/C19H19N5O/c1-13-11-23(16-8-4-3-7-15(13)16)12-18(25)20-14(2)19-22-21-17-9-5-6-10-24(17)19/h3-11,14H,12H2,1-2H3,(H,20,25)/t14-/m1/s1. The molecule has 0 bridgehead atoms. The fourth-order valence-electron chi connectivity index (χ4n) is 3.22. The molecule has 1 N–H and O–H groups in total. The van der Waals surface area contributed by atoms with Crippen molar-refractivity contribution in [3.05, 3.63) is 66.2 Å². The van der Waals surface area contributed by atoms with Crippen LogP contribution < -0.4 is 5.32 Å². The normalized spacial score (nSPS) is 12.6. The van der Waals surface area contributed by atoms with Crippen LogP contribution in [0.15, 0.2) is 54.9 Å². The predicted molar refractivity (Wildman–Crippen MR) is 96.2 cm³/mol. The van der Waals surface area contributed by atoms with Crippen LogP contribution in [0.5, 0.6) is 0 Å². The first-order chi connectivity index (χ1) is 12.1. The van der Waals surface area contributed by atoms with E-state index in [9.17, 15) is 4.79 Å². The fraction of sp³-hybridized carbons (Fsp3) is 0.211. The number of nitrogens with zero attached hydrogens (tertiary/aromatic N) is 4. The summed E-state index contributed by atoms with van der Waals surface area (Å²) in [5.74, 6) is 0.665. The molecular weight excluding hydrogens is 314 g/mol. The van der Waals surface area contributed by atoms with E-state index >= 15 is 0 Å². The van der Waals surface area contributed by atoms with Gasteiger partial charge in [0.1, 0.15) is 6.54 Å². The lowest BCUT2D eigenvalue weighted by molar-refractivity contribution is -0.122. The zero-order valence-corrected chi connectivity index (χ0v) is 14.2. The summed E-state index contributed by atoms with van der Waals surface area (Å²) in [6.07, 6.45) is 3.91. The van der Waals surface area contributed by atoms with E-state index in [0.29, 0.717) is 0 Å². The Kier molecular flexibility index (Phi) is 3.72. The van der Waals surface area contributed by atoms with E-state index in [2.05, 4.69) is 28.5 Å². The molecule has 0 aliphatic heterocycles. The van der Waals surface area contributed by atoms with Gasteiger partial charge in [0.05, 0.1) is 6.04 Å². The summed E-state index contributed by atoms with van der Waals surface area (Å²) < 4.78 is 3.87. The number of hydrogen-bond donors (Lipinski definition) is 1. The lowest BCUT2D eigenvalue weighted by atomic mass is 10.2. The lowest BCUT2D eigenvalue weighted by Crippen LogP contribution is -2.31. The van der Waals surface area contributed by atoms with Crippen LogP contribution in [0.1, 0.15) is 24.4 Å². The molecule has 4 aromatic rings. The van der Waals surface area contributed by atoms with E-state index in [1.54, 1.807) is 0 Å². The number of aryl methyl sites for hydroxylation is 1. The maximum Gasteiger partial charge on any atom is 0.240 e. The van der Waals surface area contributed by atoms with Gasteiger partial charge in [-0.1, -0.05) is 24.3 Å². The Morgan fingerprint density at radius 1 is 1.16 bits per heavy atom. The molecule has 3 heterocycles. The summed E-state index contributed by atoms with van der Waals surface area (Å²) in [4.78, 5) is 12.5. The van der Waals surface area contributed by atoms with Gasteiger partial charge in [-0.3, -0.25) is 9.20 Å². The Balaban J connectivity index is 1.53. The molecule has 0 saturated carbocycles. The molecule has 0 aliphatic carbocycles. The maximum absolute atomic E-state index is 12.5. The van der Waals surface area contributed by atoms with E-state index in [0.717, 1.165) is 17.0 Å². The highest BCUT2D eigenvalue weighted by molar-refractivity contribution is 5.86. The van der Waals surface area contributed by atoms with Crippen LogP contribution in [0, 0.1) is 6.92 Å². The van der Waals surface area contributed by atoms with Gasteiger partial charge < -0.3 is 9.88 Å². The van der Waals surface area contributed by atoms with Gasteiger partial charge in [-0.25, -0.2) is 0 Å². The van der Waals surface area contributed by atoms with E-state index < -0.39 is 0 Å². The van der Waals surface area contributed by atoms with Gasteiger partial charge in [0.15, 0.2) is 11.5 Å². The molecule has 126 valence electrons. The Hall–Kier alpha value is -3.15. The van der Waals surface area contributed by atoms with Gasteiger partial charge in [-0.15, -0.1) is 10.2 Å². The minimum Gasteiger partial charge on any atom is -0.345 e. The number of carbonyl (C=O) groups is 1. The molecule has 1 atom stereocenters. The number of carbonyl (C=O) groups excluding carboxylic acids is 1. The van der Waals surface area contributed by atoms with Crippen LogP contribution >= 0.6 is 0 Å². The summed E-state index contributed by atoms with van der Waals surface area (Å²) in [6.45, 7) is 4.25. The average Bonchev–Trinajstić information content (AvgIpc) is 3.17. The summed E-state index contributed by atoms with van der Waals surface area (Å²) in [5, 5.41) is 12.5. The highest BCUT2D eigenvalue weighted by Gasteiger charge is 2.16. The monoisotopic (exact) mass is 333 g/mol. The highest BCUT2D eigenvalue weighted by atomic mass is 16.2. The van der Waals surface area contributed by atoms with Gasteiger partial charge in [0.25, 0.3) is 0 Å². The molecule has 0 radical (unpaired) electrons. The quantitative estimate of drug-likeness (QED) is 0.624. The van der Waals surface area contributed by atoms with Crippen molar-refractivity contribution >= 4 is 22.5 Å². The van der Waals surface area contributed by atoms with Crippen molar-refractivity contribution in [2.75, 3.05) is 0 Å². The molecule has 0 aliphatic rings. The van der Waals surface area contributed by atoms with Crippen LogP contribution in [0.2, 0.25) is 0 Å². The largest absolute Gasteiger partial charge is 0.345 e. The van der Waals surface area contributed by atoms with Crippen molar-refractivity contribution in [2.45, 2.75) is 26.4 Å². The third-order valence-electron chi connectivity index (χ3n) is 4.41. The highest BCUT2D eigenvalue weighted by Crippen LogP contribution is 2.20. The first kappa shape index (κ1) is 15.4. The first-order valence-electron chi connectivity index (χ1n) is 8.27. The second-order valence-electron chi connectivity index (χ2n) is 6.23. The van der Waals surface area contributed by atoms with Crippen molar-refractivity contribution in [3.63, 3.8) is 0 Å². The van der Waals surface area contributed by atoms with Crippen LogP contribution in [0.3, 0.4) is 0 Å².